The Hall–Kier alpha value is -0.450. The van der Waals surface area contributed by atoms with E-state index in [-0.39, 0.29) is 5.75 Å². The van der Waals surface area contributed by atoms with Gasteiger partial charge in [-0.25, -0.2) is 0 Å². The predicted octanol–water partition coefficient (Wildman–Crippen LogP) is 1.81. The van der Waals surface area contributed by atoms with Crippen LogP contribution in [0.5, 0.6) is 11.5 Å². The van der Waals surface area contributed by atoms with Crippen LogP contribution in [-0.2, 0) is 0 Å². The summed E-state index contributed by atoms with van der Waals surface area (Å²) in [5.74, 6) is 0.647. The van der Waals surface area contributed by atoms with Crippen molar-refractivity contribution in [1.82, 2.24) is 0 Å². The van der Waals surface area contributed by atoms with Gasteiger partial charge in [0.15, 0.2) is 11.5 Å². The molecule has 1 rings (SSSR count). The number of hydrogen-bond donors (Lipinski definition) is 1. The van der Waals surface area contributed by atoms with E-state index < -0.39 is 0 Å². The van der Waals surface area contributed by atoms with E-state index in [4.69, 9.17) is 4.74 Å². The van der Waals surface area contributed by atoms with E-state index in [0.717, 1.165) is 3.57 Å². The highest BCUT2D eigenvalue weighted by atomic mass is 127. The maximum absolute atomic E-state index is 9.25. The van der Waals surface area contributed by atoms with Crippen LogP contribution in [0.25, 0.3) is 0 Å². The maximum Gasteiger partial charge on any atom is 0.171 e. The van der Waals surface area contributed by atoms with Gasteiger partial charge in [-0.05, 0) is 40.8 Å². The van der Waals surface area contributed by atoms with E-state index >= 15 is 0 Å². The molecule has 3 heteroatoms. The molecule has 1 radical (unpaired) electrons. The molecule has 0 aliphatic carbocycles. The maximum atomic E-state index is 9.25. The molecule has 0 saturated heterocycles. The number of ether oxygens (including phenoxy) is 1. The van der Waals surface area contributed by atoms with Crippen LogP contribution in [0.3, 0.4) is 0 Å². The van der Waals surface area contributed by atoms with Gasteiger partial charge in [0.05, 0.1) is 10.7 Å². The minimum Gasteiger partial charge on any atom is -0.504 e. The average molecular weight is 249 g/mol. The number of rotatable bonds is 1. The van der Waals surface area contributed by atoms with Crippen molar-refractivity contribution < 1.29 is 9.84 Å². The molecule has 0 aliphatic heterocycles. The molecule has 2 nitrogen and oxygen atoms in total. The molecule has 0 aliphatic rings. The number of phenols is 1. The molecule has 0 amide bonds. The molecule has 1 aromatic carbocycles. The number of hydrogen-bond acceptors (Lipinski definition) is 2. The highest BCUT2D eigenvalue weighted by Crippen LogP contribution is 2.29. The van der Waals surface area contributed by atoms with Crippen molar-refractivity contribution in [2.45, 2.75) is 0 Å². The SMILES string of the molecule is COc1c[c]cc(I)c1O. The van der Waals surface area contributed by atoms with Crippen molar-refractivity contribution in [3.8, 4) is 11.5 Å². The van der Waals surface area contributed by atoms with Gasteiger partial charge in [-0.1, -0.05) is 0 Å². The summed E-state index contributed by atoms with van der Waals surface area (Å²) in [5, 5.41) is 9.25. The quantitative estimate of drug-likeness (QED) is 0.769. The highest BCUT2D eigenvalue weighted by molar-refractivity contribution is 14.1. The summed E-state index contributed by atoms with van der Waals surface area (Å²) in [5.41, 5.74) is 0. The first-order valence-corrected chi connectivity index (χ1v) is 3.76. The summed E-state index contributed by atoms with van der Waals surface area (Å²) in [6.45, 7) is 0. The Morgan fingerprint density at radius 2 is 2.30 bits per heavy atom. The predicted molar refractivity (Wildman–Crippen MR) is 46.2 cm³/mol. The fourth-order valence-corrected chi connectivity index (χ4v) is 1.05. The van der Waals surface area contributed by atoms with Crippen LogP contribution in [0.2, 0.25) is 0 Å². The van der Waals surface area contributed by atoms with Crippen LogP contribution in [0.4, 0.5) is 0 Å². The molecule has 0 unspecified atom stereocenters. The van der Waals surface area contributed by atoms with E-state index in [1.165, 1.54) is 7.11 Å². The lowest BCUT2D eigenvalue weighted by atomic mass is 10.3. The van der Waals surface area contributed by atoms with E-state index in [2.05, 4.69) is 6.07 Å². The van der Waals surface area contributed by atoms with Crippen molar-refractivity contribution in [3.63, 3.8) is 0 Å². The zero-order valence-corrected chi connectivity index (χ0v) is 7.55. The highest BCUT2D eigenvalue weighted by Gasteiger charge is 2.02. The normalized spacial score (nSPS) is 9.40. The number of methoxy groups -OCH3 is 1. The van der Waals surface area contributed by atoms with Crippen LogP contribution in [0.15, 0.2) is 12.1 Å². The molecule has 10 heavy (non-hydrogen) atoms. The van der Waals surface area contributed by atoms with E-state index in [9.17, 15) is 5.11 Å². The Morgan fingerprint density at radius 3 is 2.80 bits per heavy atom. The van der Waals surface area contributed by atoms with Crippen molar-refractivity contribution >= 4 is 22.6 Å². The largest absolute Gasteiger partial charge is 0.504 e. The number of aromatic hydroxyl groups is 1. The van der Waals surface area contributed by atoms with Gasteiger partial charge in [-0.15, -0.1) is 0 Å². The summed E-state index contributed by atoms with van der Waals surface area (Å²) >= 11 is 2.01. The van der Waals surface area contributed by atoms with Crippen molar-refractivity contribution in [2.24, 2.45) is 0 Å². The summed E-state index contributed by atoms with van der Waals surface area (Å²) in [6.07, 6.45) is 0. The van der Waals surface area contributed by atoms with E-state index in [1.54, 1.807) is 12.1 Å². The lowest BCUT2D eigenvalue weighted by Gasteiger charge is -2.02. The second-order valence-electron chi connectivity index (χ2n) is 1.72. The fourth-order valence-electron chi connectivity index (χ4n) is 0.601. The molecule has 53 valence electrons. The lowest BCUT2D eigenvalue weighted by Crippen LogP contribution is -1.84. The van der Waals surface area contributed by atoms with Crippen molar-refractivity contribution in [1.29, 1.82) is 0 Å². The molecule has 1 N–H and O–H groups in total. The third-order valence-electron chi connectivity index (χ3n) is 1.10. The lowest BCUT2D eigenvalue weighted by molar-refractivity contribution is 0.371. The molecule has 0 spiro atoms. The Morgan fingerprint density at radius 1 is 1.60 bits per heavy atom. The Bertz CT molecular complexity index is 235. The van der Waals surface area contributed by atoms with Crippen molar-refractivity contribution in [3.05, 3.63) is 21.8 Å². The first kappa shape index (κ1) is 7.65. The Kier molecular flexibility index (Phi) is 2.37. The van der Waals surface area contributed by atoms with Gasteiger partial charge < -0.3 is 9.84 Å². The second kappa shape index (κ2) is 3.09. The molecule has 0 atom stereocenters. The summed E-state index contributed by atoms with van der Waals surface area (Å²) < 4.78 is 5.59. The zero-order valence-electron chi connectivity index (χ0n) is 5.39. The van der Waals surface area contributed by atoms with Crippen LogP contribution in [0.1, 0.15) is 0 Å². The molecular formula is C7H6IO2. The molecule has 0 heterocycles. The topological polar surface area (TPSA) is 29.5 Å². The van der Waals surface area contributed by atoms with Gasteiger partial charge in [0.2, 0.25) is 0 Å². The Labute approximate surface area is 73.0 Å². The number of halogens is 1. The first-order valence-electron chi connectivity index (χ1n) is 2.68. The smallest absolute Gasteiger partial charge is 0.171 e. The van der Waals surface area contributed by atoms with Gasteiger partial charge in [0.25, 0.3) is 0 Å². The zero-order chi connectivity index (χ0) is 7.56. The first-order chi connectivity index (χ1) is 4.75. The van der Waals surface area contributed by atoms with Gasteiger partial charge in [-0.3, -0.25) is 0 Å². The van der Waals surface area contributed by atoms with Gasteiger partial charge in [0.1, 0.15) is 0 Å². The average Bonchev–Trinajstić information content (AvgIpc) is 1.95. The molecule has 0 fully saturated rings. The van der Waals surface area contributed by atoms with Crippen LogP contribution in [0, 0.1) is 9.64 Å². The third kappa shape index (κ3) is 1.34. The van der Waals surface area contributed by atoms with E-state index in [1.807, 2.05) is 22.6 Å². The number of phenolic OH excluding ortho intramolecular Hbond substituents is 1. The number of benzene rings is 1. The minimum absolute atomic E-state index is 0.182. The molecule has 0 bridgehead atoms. The molecular weight excluding hydrogens is 243 g/mol. The van der Waals surface area contributed by atoms with Crippen molar-refractivity contribution in [2.75, 3.05) is 7.11 Å². The summed E-state index contributed by atoms with van der Waals surface area (Å²) in [7, 11) is 1.51. The van der Waals surface area contributed by atoms with Gasteiger partial charge in [-0.2, -0.15) is 0 Å². The van der Waals surface area contributed by atoms with Gasteiger partial charge >= 0.3 is 0 Å². The minimum atomic E-state index is 0.182. The molecule has 0 aromatic heterocycles. The fraction of sp³-hybridized carbons (Fsp3) is 0.143. The monoisotopic (exact) mass is 249 g/mol. The molecule has 0 saturated carbocycles. The second-order valence-corrected chi connectivity index (χ2v) is 2.88. The van der Waals surface area contributed by atoms with Crippen LogP contribution >= 0.6 is 22.6 Å². The van der Waals surface area contributed by atoms with E-state index in [0.29, 0.717) is 5.75 Å². The third-order valence-corrected chi connectivity index (χ3v) is 1.93. The van der Waals surface area contributed by atoms with Crippen LogP contribution < -0.4 is 4.74 Å². The summed E-state index contributed by atoms with van der Waals surface area (Å²) in [4.78, 5) is 0. The standard InChI is InChI=1S/C7H6IO2/c1-10-6-4-2-3-5(8)7(6)9/h3-4,9H,1H3. The van der Waals surface area contributed by atoms with Crippen LogP contribution in [-0.4, -0.2) is 12.2 Å². The summed E-state index contributed by atoms with van der Waals surface area (Å²) in [6, 6.07) is 6.12. The Balaban J connectivity index is 3.14. The molecule has 1 aromatic rings. The van der Waals surface area contributed by atoms with Gasteiger partial charge in [0, 0.05) is 0 Å².